The molecular formula is C17H21FN2O. The van der Waals surface area contributed by atoms with Crippen molar-refractivity contribution < 1.29 is 9.13 Å². The number of methoxy groups -OCH3 is 1. The van der Waals surface area contributed by atoms with Gasteiger partial charge in [0.1, 0.15) is 11.6 Å². The van der Waals surface area contributed by atoms with Gasteiger partial charge in [-0.2, -0.15) is 0 Å². The fourth-order valence-electron chi connectivity index (χ4n) is 2.41. The molecule has 0 spiro atoms. The lowest BCUT2D eigenvalue weighted by atomic mass is 10.00. The maximum atomic E-state index is 13.0. The van der Waals surface area contributed by atoms with Crippen LogP contribution in [0.25, 0.3) is 0 Å². The van der Waals surface area contributed by atoms with E-state index >= 15 is 0 Å². The Morgan fingerprint density at radius 3 is 2.71 bits per heavy atom. The number of rotatable bonds is 6. The lowest BCUT2D eigenvalue weighted by molar-refractivity contribution is 0.405. The number of ether oxygens (including phenoxy) is 1. The van der Waals surface area contributed by atoms with E-state index in [4.69, 9.17) is 4.74 Å². The molecule has 2 rings (SSSR count). The number of hydrogen-bond acceptors (Lipinski definition) is 3. The molecule has 1 N–H and O–H groups in total. The zero-order valence-electron chi connectivity index (χ0n) is 12.7. The van der Waals surface area contributed by atoms with Gasteiger partial charge in [-0.3, -0.25) is 4.98 Å². The molecule has 0 radical (unpaired) electrons. The molecule has 0 saturated heterocycles. The fraction of sp³-hybridized carbons (Fsp3) is 0.353. The molecule has 0 aliphatic carbocycles. The summed E-state index contributed by atoms with van der Waals surface area (Å²) in [6, 6.07) is 9.33. The lowest BCUT2D eigenvalue weighted by Crippen LogP contribution is -2.24. The number of pyridine rings is 1. The summed E-state index contributed by atoms with van der Waals surface area (Å²) in [5, 5.41) is 3.40. The third-order valence-electron chi connectivity index (χ3n) is 3.42. The Kier molecular flexibility index (Phi) is 5.28. The predicted molar refractivity (Wildman–Crippen MR) is 82.0 cm³/mol. The molecule has 0 bridgehead atoms. The lowest BCUT2D eigenvalue weighted by Gasteiger charge is -2.19. The molecule has 1 unspecified atom stereocenters. The van der Waals surface area contributed by atoms with Gasteiger partial charge >= 0.3 is 0 Å². The van der Waals surface area contributed by atoms with Crippen LogP contribution in [0.4, 0.5) is 4.39 Å². The van der Waals surface area contributed by atoms with Gasteiger partial charge in [0.25, 0.3) is 0 Å². The van der Waals surface area contributed by atoms with E-state index in [2.05, 4.69) is 23.3 Å². The van der Waals surface area contributed by atoms with Crippen LogP contribution in [0.3, 0.4) is 0 Å². The van der Waals surface area contributed by atoms with E-state index in [0.717, 1.165) is 30.0 Å². The average Bonchev–Trinajstić information content (AvgIpc) is 2.48. The summed E-state index contributed by atoms with van der Waals surface area (Å²) < 4.78 is 18.5. The van der Waals surface area contributed by atoms with Gasteiger partial charge in [0.2, 0.25) is 0 Å². The van der Waals surface area contributed by atoms with Crippen LogP contribution in [0.5, 0.6) is 5.75 Å². The van der Waals surface area contributed by atoms with E-state index in [9.17, 15) is 4.39 Å². The molecule has 4 heteroatoms. The Hall–Kier alpha value is -1.94. The van der Waals surface area contributed by atoms with E-state index in [1.807, 2.05) is 19.1 Å². The van der Waals surface area contributed by atoms with Crippen molar-refractivity contribution in [2.24, 2.45) is 0 Å². The van der Waals surface area contributed by atoms with Crippen molar-refractivity contribution in [3.63, 3.8) is 0 Å². The highest BCUT2D eigenvalue weighted by Gasteiger charge is 2.15. The van der Waals surface area contributed by atoms with Crippen molar-refractivity contribution in [3.05, 3.63) is 59.2 Å². The maximum absolute atomic E-state index is 13.0. The molecule has 1 aromatic heterocycles. The predicted octanol–water partition coefficient (Wildman–Crippen LogP) is 3.43. The summed E-state index contributed by atoms with van der Waals surface area (Å²) in [5.41, 5.74) is 3.14. The summed E-state index contributed by atoms with van der Waals surface area (Å²) >= 11 is 0. The van der Waals surface area contributed by atoms with Crippen molar-refractivity contribution in [1.82, 2.24) is 10.3 Å². The minimum Gasteiger partial charge on any atom is -0.496 e. The summed E-state index contributed by atoms with van der Waals surface area (Å²) in [6.45, 7) is 4.92. The number of aromatic nitrogens is 1. The molecule has 0 fully saturated rings. The first-order valence-corrected chi connectivity index (χ1v) is 7.12. The van der Waals surface area contributed by atoms with E-state index in [1.54, 1.807) is 13.2 Å². The van der Waals surface area contributed by atoms with Crippen molar-refractivity contribution in [1.29, 1.82) is 0 Å². The van der Waals surface area contributed by atoms with Crippen molar-refractivity contribution in [3.8, 4) is 5.75 Å². The molecule has 0 amide bonds. The third-order valence-corrected chi connectivity index (χ3v) is 3.42. The van der Waals surface area contributed by atoms with Gasteiger partial charge < -0.3 is 10.1 Å². The van der Waals surface area contributed by atoms with Crippen LogP contribution >= 0.6 is 0 Å². The van der Waals surface area contributed by atoms with Gasteiger partial charge in [0.05, 0.1) is 25.0 Å². The average molecular weight is 288 g/mol. The Morgan fingerprint density at radius 1 is 1.29 bits per heavy atom. The van der Waals surface area contributed by atoms with E-state index in [1.165, 1.54) is 17.8 Å². The number of halogens is 1. The summed E-state index contributed by atoms with van der Waals surface area (Å²) in [4.78, 5) is 4.19. The van der Waals surface area contributed by atoms with Crippen LogP contribution in [0.1, 0.15) is 29.8 Å². The summed E-state index contributed by atoms with van der Waals surface area (Å²) in [7, 11) is 1.67. The number of hydrogen-bond donors (Lipinski definition) is 1. The zero-order chi connectivity index (χ0) is 15.2. The molecular weight excluding hydrogens is 267 g/mol. The highest BCUT2D eigenvalue weighted by atomic mass is 19.1. The Labute approximate surface area is 125 Å². The van der Waals surface area contributed by atoms with Crippen LogP contribution in [-0.4, -0.2) is 18.6 Å². The molecule has 0 aliphatic heterocycles. The molecule has 3 nitrogen and oxygen atoms in total. The minimum absolute atomic E-state index is 0.0336. The summed E-state index contributed by atoms with van der Waals surface area (Å²) in [5.74, 6) is 0.549. The molecule has 0 saturated carbocycles. The molecule has 1 atom stereocenters. The second kappa shape index (κ2) is 7.18. The normalized spacial score (nSPS) is 12.2. The Bertz CT molecular complexity index is 584. The molecule has 1 heterocycles. The Morgan fingerprint density at radius 2 is 2.10 bits per heavy atom. The van der Waals surface area contributed by atoms with Gasteiger partial charge in [-0.25, -0.2) is 4.39 Å². The second-order valence-electron chi connectivity index (χ2n) is 5.03. The number of aryl methyl sites for hydroxylation is 1. The monoisotopic (exact) mass is 288 g/mol. The summed E-state index contributed by atoms with van der Waals surface area (Å²) in [6.07, 6.45) is 2.00. The maximum Gasteiger partial charge on any atom is 0.141 e. The van der Waals surface area contributed by atoms with Gasteiger partial charge in [-0.15, -0.1) is 0 Å². The number of nitrogens with zero attached hydrogens (tertiary/aromatic N) is 1. The van der Waals surface area contributed by atoms with E-state index < -0.39 is 0 Å². The highest BCUT2D eigenvalue weighted by molar-refractivity contribution is 5.38. The third kappa shape index (κ3) is 4.02. The first-order chi connectivity index (χ1) is 10.1. The second-order valence-corrected chi connectivity index (χ2v) is 5.03. The number of likely N-dealkylation sites (N-methyl/N-ethyl adjacent to an activating group) is 1. The topological polar surface area (TPSA) is 34.1 Å². The standard InChI is InChI=1S/C17H21FN2O/c1-4-19-16(15-7-6-14(18)11-20-15)10-13-9-12(2)5-8-17(13)21-3/h5-9,11,16,19H,4,10H2,1-3H3. The number of benzene rings is 1. The minimum atomic E-state index is -0.317. The molecule has 2 aromatic rings. The van der Waals surface area contributed by atoms with E-state index in [0.29, 0.717) is 0 Å². The quantitative estimate of drug-likeness (QED) is 0.884. The van der Waals surface area contributed by atoms with E-state index in [-0.39, 0.29) is 11.9 Å². The molecule has 0 aliphatic rings. The largest absolute Gasteiger partial charge is 0.496 e. The van der Waals surface area contributed by atoms with Gasteiger partial charge in [0.15, 0.2) is 0 Å². The Balaban J connectivity index is 2.27. The van der Waals surface area contributed by atoms with Crippen molar-refractivity contribution in [2.75, 3.05) is 13.7 Å². The van der Waals surface area contributed by atoms with Crippen LogP contribution in [-0.2, 0) is 6.42 Å². The molecule has 21 heavy (non-hydrogen) atoms. The van der Waals surface area contributed by atoms with Crippen LogP contribution in [0.2, 0.25) is 0 Å². The van der Waals surface area contributed by atoms with Crippen LogP contribution in [0.15, 0.2) is 36.5 Å². The number of nitrogens with one attached hydrogen (secondary N) is 1. The van der Waals surface area contributed by atoms with Gasteiger partial charge in [-0.05, 0) is 43.7 Å². The van der Waals surface area contributed by atoms with Gasteiger partial charge in [0, 0.05) is 0 Å². The molecule has 112 valence electrons. The van der Waals surface area contributed by atoms with Crippen LogP contribution < -0.4 is 10.1 Å². The SMILES string of the molecule is CCNC(Cc1cc(C)ccc1OC)c1ccc(F)cn1. The van der Waals surface area contributed by atoms with Crippen molar-refractivity contribution >= 4 is 0 Å². The zero-order valence-corrected chi connectivity index (χ0v) is 12.7. The smallest absolute Gasteiger partial charge is 0.141 e. The first kappa shape index (κ1) is 15.4. The fourth-order valence-corrected chi connectivity index (χ4v) is 2.41. The first-order valence-electron chi connectivity index (χ1n) is 7.12. The highest BCUT2D eigenvalue weighted by Crippen LogP contribution is 2.25. The van der Waals surface area contributed by atoms with Crippen LogP contribution in [0, 0.1) is 12.7 Å². The van der Waals surface area contributed by atoms with Crippen molar-refractivity contribution in [2.45, 2.75) is 26.3 Å². The molecule has 1 aromatic carbocycles. The van der Waals surface area contributed by atoms with Gasteiger partial charge in [-0.1, -0.05) is 24.6 Å².